The van der Waals surface area contributed by atoms with Gasteiger partial charge in [0.05, 0.1) is 12.3 Å². The first-order chi connectivity index (χ1) is 13.7. The van der Waals surface area contributed by atoms with E-state index < -0.39 is 0 Å². The molecule has 28 heavy (non-hydrogen) atoms. The first-order valence-corrected chi connectivity index (χ1v) is 9.47. The zero-order valence-corrected chi connectivity index (χ0v) is 16.5. The first kappa shape index (κ1) is 19.8. The molecule has 3 aromatic rings. The molecule has 0 fully saturated rings. The first-order valence-electron chi connectivity index (χ1n) is 9.07. The summed E-state index contributed by atoms with van der Waals surface area (Å²) in [5, 5.41) is 3.80. The van der Waals surface area contributed by atoms with Gasteiger partial charge in [0.25, 0.3) is 0 Å². The molecule has 6 heteroatoms. The van der Waals surface area contributed by atoms with E-state index in [9.17, 15) is 4.39 Å². The zero-order valence-electron chi connectivity index (χ0n) is 15.6. The summed E-state index contributed by atoms with van der Waals surface area (Å²) in [4.78, 5) is 6.15. The van der Waals surface area contributed by atoms with E-state index in [1.54, 1.807) is 18.5 Å². The number of para-hydroxylation sites is 2. The van der Waals surface area contributed by atoms with Crippen LogP contribution in [-0.4, -0.2) is 21.6 Å². The van der Waals surface area contributed by atoms with Crippen molar-refractivity contribution in [3.05, 3.63) is 90.0 Å². The molecule has 1 heterocycles. The Morgan fingerprint density at radius 3 is 2.61 bits per heavy atom. The number of hydrogen-bond donors (Lipinski definition) is 1. The lowest BCUT2D eigenvalue weighted by molar-refractivity contribution is 0.342. The maximum absolute atomic E-state index is 13.6. The third kappa shape index (κ3) is 5.50. The van der Waals surface area contributed by atoms with Crippen molar-refractivity contribution < 1.29 is 9.13 Å². The van der Waals surface area contributed by atoms with Gasteiger partial charge in [-0.25, -0.2) is 4.39 Å². The number of aromatic nitrogens is 1. The van der Waals surface area contributed by atoms with Gasteiger partial charge in [-0.2, -0.15) is 0 Å². The smallest absolute Gasteiger partial charge is 0.174 e. The van der Waals surface area contributed by atoms with Gasteiger partial charge in [-0.1, -0.05) is 30.3 Å². The predicted molar refractivity (Wildman–Crippen MR) is 114 cm³/mol. The fourth-order valence-corrected chi connectivity index (χ4v) is 3.05. The number of hydrogen-bond acceptors (Lipinski definition) is 3. The van der Waals surface area contributed by atoms with E-state index in [1.807, 2.05) is 54.3 Å². The largest absolute Gasteiger partial charge is 0.492 e. The van der Waals surface area contributed by atoms with E-state index in [0.29, 0.717) is 24.8 Å². The molecule has 0 aliphatic carbocycles. The summed E-state index contributed by atoms with van der Waals surface area (Å²) in [6.45, 7) is 3.52. The standard InChI is InChI=1S/C22H22FN3OS/c1-2-27-21-11-4-3-10-20(21)25-22(28)26(16-18-8-6-12-24-14-18)15-17-7-5-9-19(23)13-17/h3-14H,2,15-16H2,1H3,(H,25,28). The minimum atomic E-state index is -0.264. The van der Waals surface area contributed by atoms with Crippen LogP contribution in [0.3, 0.4) is 0 Å². The Hall–Kier alpha value is -2.99. The molecule has 0 unspecified atom stereocenters. The minimum Gasteiger partial charge on any atom is -0.492 e. The molecule has 0 saturated carbocycles. The molecular weight excluding hydrogens is 373 g/mol. The third-order valence-corrected chi connectivity index (χ3v) is 4.43. The molecule has 0 spiro atoms. The molecule has 4 nitrogen and oxygen atoms in total. The van der Waals surface area contributed by atoms with Crippen molar-refractivity contribution >= 4 is 23.0 Å². The van der Waals surface area contributed by atoms with Gasteiger partial charge in [0, 0.05) is 25.5 Å². The van der Waals surface area contributed by atoms with Crippen LogP contribution in [0.15, 0.2) is 73.1 Å². The van der Waals surface area contributed by atoms with Gasteiger partial charge in [0.15, 0.2) is 5.11 Å². The van der Waals surface area contributed by atoms with Crippen molar-refractivity contribution in [2.24, 2.45) is 0 Å². The Balaban J connectivity index is 1.82. The number of thiocarbonyl (C=S) groups is 1. The molecule has 3 rings (SSSR count). The Kier molecular flexibility index (Phi) is 6.92. The highest BCUT2D eigenvalue weighted by molar-refractivity contribution is 7.80. The number of pyridine rings is 1. The van der Waals surface area contributed by atoms with Crippen molar-refractivity contribution in [2.45, 2.75) is 20.0 Å². The van der Waals surface area contributed by atoms with Crippen LogP contribution in [0.4, 0.5) is 10.1 Å². The van der Waals surface area contributed by atoms with Crippen molar-refractivity contribution in [1.82, 2.24) is 9.88 Å². The zero-order chi connectivity index (χ0) is 19.8. The Morgan fingerprint density at radius 1 is 1.07 bits per heavy atom. The summed E-state index contributed by atoms with van der Waals surface area (Å²) in [6.07, 6.45) is 3.53. The maximum atomic E-state index is 13.6. The van der Waals surface area contributed by atoms with Gasteiger partial charge < -0.3 is 15.0 Å². The number of anilines is 1. The van der Waals surface area contributed by atoms with Crippen molar-refractivity contribution in [3.8, 4) is 5.75 Å². The third-order valence-electron chi connectivity index (χ3n) is 4.07. The number of halogens is 1. The number of ether oxygens (including phenoxy) is 1. The number of nitrogens with zero attached hydrogens (tertiary/aromatic N) is 2. The number of benzene rings is 2. The summed E-state index contributed by atoms with van der Waals surface area (Å²) in [5.41, 5.74) is 2.65. The molecule has 0 atom stereocenters. The molecule has 0 aliphatic rings. The summed E-state index contributed by atoms with van der Waals surface area (Å²) < 4.78 is 19.3. The molecule has 1 N–H and O–H groups in total. The van der Waals surface area contributed by atoms with Gasteiger partial charge in [-0.3, -0.25) is 4.98 Å². The Bertz CT molecular complexity index is 920. The highest BCUT2D eigenvalue weighted by Crippen LogP contribution is 2.24. The van der Waals surface area contributed by atoms with Crippen LogP contribution in [0, 0.1) is 5.82 Å². The molecular formula is C22H22FN3OS. The lowest BCUT2D eigenvalue weighted by atomic mass is 10.2. The van der Waals surface area contributed by atoms with E-state index in [1.165, 1.54) is 12.1 Å². The average molecular weight is 396 g/mol. The van der Waals surface area contributed by atoms with Crippen molar-refractivity contribution in [1.29, 1.82) is 0 Å². The number of nitrogens with one attached hydrogen (secondary N) is 1. The van der Waals surface area contributed by atoms with Gasteiger partial charge in [0.2, 0.25) is 0 Å². The summed E-state index contributed by atoms with van der Waals surface area (Å²) in [5.74, 6) is 0.471. The normalized spacial score (nSPS) is 10.4. The predicted octanol–water partition coefficient (Wildman–Crippen LogP) is 5.02. The number of rotatable bonds is 7. The summed E-state index contributed by atoms with van der Waals surface area (Å²) in [7, 11) is 0. The van der Waals surface area contributed by atoms with Gasteiger partial charge in [0.1, 0.15) is 11.6 Å². The van der Waals surface area contributed by atoms with Crippen molar-refractivity contribution in [3.63, 3.8) is 0 Å². The minimum absolute atomic E-state index is 0.264. The maximum Gasteiger partial charge on any atom is 0.174 e. The van der Waals surface area contributed by atoms with Crippen LogP contribution in [0.1, 0.15) is 18.1 Å². The second kappa shape index (κ2) is 9.80. The Labute approximate surface area is 170 Å². The highest BCUT2D eigenvalue weighted by atomic mass is 32.1. The second-order valence-electron chi connectivity index (χ2n) is 6.21. The van der Waals surface area contributed by atoms with Crippen LogP contribution < -0.4 is 10.1 Å². The summed E-state index contributed by atoms with van der Waals surface area (Å²) >= 11 is 5.68. The average Bonchev–Trinajstić information content (AvgIpc) is 2.70. The molecule has 144 valence electrons. The molecule has 0 saturated heterocycles. The second-order valence-corrected chi connectivity index (χ2v) is 6.59. The molecule has 0 bridgehead atoms. The lowest BCUT2D eigenvalue weighted by Crippen LogP contribution is -2.34. The topological polar surface area (TPSA) is 37.4 Å². The van der Waals surface area contributed by atoms with E-state index in [0.717, 1.165) is 22.6 Å². The lowest BCUT2D eigenvalue weighted by Gasteiger charge is -2.26. The molecule has 1 aromatic heterocycles. The molecule has 0 amide bonds. The fourth-order valence-electron chi connectivity index (χ4n) is 2.81. The van der Waals surface area contributed by atoms with Gasteiger partial charge in [-0.05, 0) is 60.6 Å². The van der Waals surface area contributed by atoms with E-state index in [-0.39, 0.29) is 5.82 Å². The van der Waals surface area contributed by atoms with E-state index >= 15 is 0 Å². The molecule has 2 aromatic carbocycles. The molecule has 0 aliphatic heterocycles. The van der Waals surface area contributed by atoms with Crippen LogP contribution in [0.25, 0.3) is 0 Å². The Morgan fingerprint density at radius 2 is 1.86 bits per heavy atom. The van der Waals surface area contributed by atoms with Crippen molar-refractivity contribution in [2.75, 3.05) is 11.9 Å². The quantitative estimate of drug-likeness (QED) is 0.569. The van der Waals surface area contributed by atoms with Crippen LogP contribution in [0.2, 0.25) is 0 Å². The monoisotopic (exact) mass is 395 g/mol. The van der Waals surface area contributed by atoms with Gasteiger partial charge >= 0.3 is 0 Å². The fraction of sp³-hybridized carbons (Fsp3) is 0.182. The van der Waals surface area contributed by atoms with E-state index in [4.69, 9.17) is 17.0 Å². The SMILES string of the molecule is CCOc1ccccc1NC(=S)N(Cc1cccnc1)Cc1cccc(F)c1. The molecule has 0 radical (unpaired) electrons. The van der Waals surface area contributed by atoms with Crippen LogP contribution in [0.5, 0.6) is 5.75 Å². The van der Waals surface area contributed by atoms with Crippen LogP contribution in [-0.2, 0) is 13.1 Å². The highest BCUT2D eigenvalue weighted by Gasteiger charge is 2.14. The summed E-state index contributed by atoms with van der Waals surface area (Å²) in [6, 6.07) is 18.1. The van der Waals surface area contributed by atoms with Crippen LogP contribution >= 0.6 is 12.2 Å². The van der Waals surface area contributed by atoms with Gasteiger partial charge in [-0.15, -0.1) is 0 Å². The van der Waals surface area contributed by atoms with E-state index in [2.05, 4.69) is 10.3 Å².